The molecule has 1 aromatic carbocycles. The van der Waals surface area contributed by atoms with Crippen molar-refractivity contribution < 1.29 is 0 Å². The lowest BCUT2D eigenvalue weighted by Crippen LogP contribution is -2.31. The van der Waals surface area contributed by atoms with Crippen molar-refractivity contribution in [1.29, 1.82) is 0 Å². The van der Waals surface area contributed by atoms with Gasteiger partial charge in [-0.25, -0.2) is 0 Å². The quantitative estimate of drug-likeness (QED) is 0.675. The minimum atomic E-state index is 1.01. The van der Waals surface area contributed by atoms with E-state index in [1.165, 1.54) is 10.9 Å². The molecule has 0 spiro atoms. The minimum absolute atomic E-state index is 1.01. The second-order valence-electron chi connectivity index (χ2n) is 3.97. The summed E-state index contributed by atoms with van der Waals surface area (Å²) < 4.78 is 0. The number of nitrogens with zero attached hydrogens (tertiary/aromatic N) is 2. The highest BCUT2D eigenvalue weighted by atomic mass is 15.0. The molecule has 15 heavy (non-hydrogen) atoms. The number of aromatic nitrogens is 1. The van der Waals surface area contributed by atoms with Gasteiger partial charge in [-0.1, -0.05) is 18.2 Å². The van der Waals surface area contributed by atoms with Crippen molar-refractivity contribution in [2.24, 2.45) is 0 Å². The fraction of sp³-hybridized carbons (Fsp3) is 0.250. The predicted molar refractivity (Wildman–Crippen MR) is 65.6 cm³/mol. The van der Waals surface area contributed by atoms with Gasteiger partial charge in [0, 0.05) is 11.0 Å². The Hall–Kier alpha value is -1.35. The van der Waals surface area contributed by atoms with Gasteiger partial charge in [-0.05, 0) is 38.7 Å². The molecule has 3 heteroatoms. The van der Waals surface area contributed by atoms with Crippen LogP contribution in [0.4, 0.5) is 0 Å². The maximum atomic E-state index is 4.58. The van der Waals surface area contributed by atoms with Crippen LogP contribution in [0.1, 0.15) is 5.56 Å². The van der Waals surface area contributed by atoms with Crippen LogP contribution in [0.15, 0.2) is 30.3 Å². The summed E-state index contributed by atoms with van der Waals surface area (Å²) >= 11 is 0. The summed E-state index contributed by atoms with van der Waals surface area (Å²) in [7, 11) is 6.04. The van der Waals surface area contributed by atoms with Crippen LogP contribution in [-0.4, -0.2) is 31.3 Å². The number of rotatable bonds is 2. The fourth-order valence-electron chi connectivity index (χ4n) is 1.71. The SMILES string of the molecule is Cc1cc([B]N(C)C)nc2ccccc12. The van der Waals surface area contributed by atoms with Gasteiger partial charge in [0.1, 0.15) is 0 Å². The van der Waals surface area contributed by atoms with E-state index in [9.17, 15) is 0 Å². The van der Waals surface area contributed by atoms with Gasteiger partial charge in [-0.3, -0.25) is 4.98 Å². The number of aryl methyl sites for hydroxylation is 1. The summed E-state index contributed by atoms with van der Waals surface area (Å²) in [6, 6.07) is 10.3. The fourth-order valence-corrected chi connectivity index (χ4v) is 1.71. The molecule has 0 amide bonds. The third-order valence-corrected chi connectivity index (χ3v) is 2.33. The van der Waals surface area contributed by atoms with E-state index < -0.39 is 0 Å². The molecule has 0 aliphatic heterocycles. The van der Waals surface area contributed by atoms with E-state index >= 15 is 0 Å². The Labute approximate surface area is 91.2 Å². The molecule has 1 heterocycles. The van der Waals surface area contributed by atoms with Gasteiger partial charge in [0.05, 0.1) is 5.52 Å². The molecule has 2 rings (SSSR count). The Kier molecular flexibility index (Phi) is 2.74. The van der Waals surface area contributed by atoms with Gasteiger partial charge in [-0.15, -0.1) is 0 Å². The molecule has 1 aromatic heterocycles. The van der Waals surface area contributed by atoms with Gasteiger partial charge in [0.15, 0.2) is 0 Å². The Morgan fingerprint density at radius 1 is 1.20 bits per heavy atom. The molecule has 0 aliphatic rings. The van der Waals surface area contributed by atoms with Crippen LogP contribution in [0.25, 0.3) is 10.9 Å². The van der Waals surface area contributed by atoms with E-state index in [2.05, 4.69) is 30.1 Å². The molecule has 0 bridgehead atoms. The first-order valence-corrected chi connectivity index (χ1v) is 5.04. The molecule has 1 radical (unpaired) electrons. The van der Waals surface area contributed by atoms with Gasteiger partial charge in [0.2, 0.25) is 0 Å². The summed E-state index contributed by atoms with van der Waals surface area (Å²) in [4.78, 5) is 6.59. The highest BCUT2D eigenvalue weighted by molar-refractivity contribution is 6.49. The normalized spacial score (nSPS) is 10.9. The highest BCUT2D eigenvalue weighted by Gasteiger charge is 2.04. The summed E-state index contributed by atoms with van der Waals surface area (Å²) in [5.41, 5.74) is 3.34. The Morgan fingerprint density at radius 3 is 2.67 bits per heavy atom. The molecule has 0 saturated heterocycles. The highest BCUT2D eigenvalue weighted by Crippen LogP contribution is 2.13. The Balaban J connectivity index is 2.52. The first kappa shape index (κ1) is 10.2. The predicted octanol–water partition coefficient (Wildman–Crippen LogP) is 1.35. The maximum Gasteiger partial charge on any atom is 0.272 e. The summed E-state index contributed by atoms with van der Waals surface area (Å²) in [6.45, 7) is 2.12. The molecular formula is C12H14BN2. The van der Waals surface area contributed by atoms with Crippen molar-refractivity contribution in [3.05, 3.63) is 35.9 Å². The Morgan fingerprint density at radius 2 is 1.93 bits per heavy atom. The van der Waals surface area contributed by atoms with Crippen LogP contribution in [0, 0.1) is 6.92 Å². The second kappa shape index (κ2) is 4.03. The monoisotopic (exact) mass is 197 g/mol. The van der Waals surface area contributed by atoms with E-state index in [0.29, 0.717) is 0 Å². The van der Waals surface area contributed by atoms with Gasteiger partial charge >= 0.3 is 0 Å². The third-order valence-electron chi connectivity index (χ3n) is 2.33. The summed E-state index contributed by atoms with van der Waals surface area (Å²) in [6.07, 6.45) is 0. The van der Waals surface area contributed by atoms with E-state index in [4.69, 9.17) is 0 Å². The van der Waals surface area contributed by atoms with Crippen LogP contribution < -0.4 is 5.59 Å². The zero-order valence-corrected chi connectivity index (χ0v) is 9.36. The van der Waals surface area contributed by atoms with Crippen LogP contribution in [-0.2, 0) is 0 Å². The van der Waals surface area contributed by atoms with Crippen LogP contribution >= 0.6 is 0 Å². The standard InChI is InChI=1S/C12H14BN2/c1-9-8-12(13-15(2)3)14-11-7-5-4-6-10(9)11/h4-8H,1-3H3. The molecule has 75 valence electrons. The van der Waals surface area contributed by atoms with Crippen LogP contribution in [0.5, 0.6) is 0 Å². The second-order valence-corrected chi connectivity index (χ2v) is 3.97. The zero-order valence-electron chi connectivity index (χ0n) is 9.36. The minimum Gasteiger partial charge on any atom is -0.346 e. The van der Waals surface area contributed by atoms with Crippen LogP contribution in [0.3, 0.4) is 0 Å². The number of hydrogen-bond acceptors (Lipinski definition) is 2. The molecule has 0 unspecified atom stereocenters. The number of para-hydroxylation sites is 1. The first-order valence-electron chi connectivity index (χ1n) is 5.04. The first-order chi connectivity index (χ1) is 7.16. The van der Waals surface area contributed by atoms with Crippen LogP contribution in [0.2, 0.25) is 0 Å². The van der Waals surface area contributed by atoms with E-state index in [1.807, 2.05) is 38.5 Å². The lowest BCUT2D eigenvalue weighted by atomic mass is 9.85. The average molecular weight is 197 g/mol. The maximum absolute atomic E-state index is 4.58. The van der Waals surface area contributed by atoms with Crippen molar-refractivity contribution in [2.45, 2.75) is 6.92 Å². The molecule has 0 fully saturated rings. The molecule has 0 saturated carbocycles. The van der Waals surface area contributed by atoms with Gasteiger partial charge < -0.3 is 4.81 Å². The number of fused-ring (bicyclic) bond motifs is 1. The van der Waals surface area contributed by atoms with Crippen molar-refractivity contribution >= 4 is 23.9 Å². The van der Waals surface area contributed by atoms with Gasteiger partial charge in [-0.2, -0.15) is 0 Å². The van der Waals surface area contributed by atoms with Crippen molar-refractivity contribution in [3.63, 3.8) is 0 Å². The molecule has 2 aromatic rings. The Bertz CT molecular complexity index is 480. The molecule has 2 nitrogen and oxygen atoms in total. The summed E-state index contributed by atoms with van der Waals surface area (Å²) in [5.74, 6) is 0. The van der Waals surface area contributed by atoms with Gasteiger partial charge in [0.25, 0.3) is 7.41 Å². The topological polar surface area (TPSA) is 16.1 Å². The lowest BCUT2D eigenvalue weighted by molar-refractivity contribution is 0.668. The van der Waals surface area contributed by atoms with E-state index in [-0.39, 0.29) is 0 Å². The van der Waals surface area contributed by atoms with Crippen molar-refractivity contribution in [3.8, 4) is 0 Å². The number of benzene rings is 1. The molecule has 0 atom stereocenters. The van der Waals surface area contributed by atoms with Crippen molar-refractivity contribution in [1.82, 2.24) is 9.79 Å². The largest absolute Gasteiger partial charge is 0.346 e. The number of hydrogen-bond donors (Lipinski definition) is 0. The zero-order chi connectivity index (χ0) is 10.8. The molecule has 0 aliphatic carbocycles. The summed E-state index contributed by atoms with van der Waals surface area (Å²) in [5, 5.41) is 1.23. The molecular weight excluding hydrogens is 183 g/mol. The van der Waals surface area contributed by atoms with Crippen molar-refractivity contribution in [2.75, 3.05) is 14.1 Å². The van der Waals surface area contributed by atoms with E-state index in [0.717, 1.165) is 11.1 Å². The number of pyridine rings is 1. The lowest BCUT2D eigenvalue weighted by Gasteiger charge is -2.09. The van der Waals surface area contributed by atoms with E-state index in [1.54, 1.807) is 0 Å². The average Bonchev–Trinajstić information content (AvgIpc) is 2.16. The molecule has 0 N–H and O–H groups in total. The smallest absolute Gasteiger partial charge is 0.272 e. The third kappa shape index (κ3) is 2.18.